The van der Waals surface area contributed by atoms with Crippen molar-refractivity contribution >= 4 is 0 Å². The third-order valence-electron chi connectivity index (χ3n) is 3.20. The number of hydrogen-bond donors (Lipinski definition) is 1. The van der Waals surface area contributed by atoms with Crippen molar-refractivity contribution in [3.05, 3.63) is 41.5 Å². The number of benzene rings is 1. The molecule has 0 aliphatic heterocycles. The van der Waals surface area contributed by atoms with Crippen molar-refractivity contribution in [3.63, 3.8) is 0 Å². The molecule has 1 heterocycles. The van der Waals surface area contributed by atoms with E-state index in [4.69, 9.17) is 9.26 Å². The van der Waals surface area contributed by atoms with Crippen LogP contribution in [0.2, 0.25) is 0 Å². The summed E-state index contributed by atoms with van der Waals surface area (Å²) in [6.45, 7) is 3.22. The average molecular weight is 259 g/mol. The van der Waals surface area contributed by atoms with Crippen LogP contribution in [0.25, 0.3) is 0 Å². The number of rotatable bonds is 6. The minimum Gasteiger partial charge on any atom is -0.485 e. The molecular weight excluding hydrogens is 242 g/mol. The fourth-order valence-electron chi connectivity index (χ4n) is 1.99. The summed E-state index contributed by atoms with van der Waals surface area (Å²) in [7, 11) is 0. The van der Waals surface area contributed by atoms with Crippen LogP contribution in [0.3, 0.4) is 0 Å². The van der Waals surface area contributed by atoms with E-state index >= 15 is 0 Å². The summed E-state index contributed by atoms with van der Waals surface area (Å²) in [6, 6.07) is 6.88. The summed E-state index contributed by atoms with van der Waals surface area (Å²) in [5, 5.41) is 7.25. The van der Waals surface area contributed by atoms with Crippen LogP contribution in [0.4, 0.5) is 0 Å². The summed E-state index contributed by atoms with van der Waals surface area (Å²) in [5.74, 6) is 1.48. The molecule has 0 atom stereocenters. The van der Waals surface area contributed by atoms with Gasteiger partial charge in [0.15, 0.2) is 6.61 Å². The van der Waals surface area contributed by atoms with Crippen molar-refractivity contribution in [2.24, 2.45) is 0 Å². The smallest absolute Gasteiger partial charge is 0.213 e. The van der Waals surface area contributed by atoms with Gasteiger partial charge in [0.1, 0.15) is 5.75 Å². The van der Waals surface area contributed by atoms with E-state index < -0.39 is 0 Å². The maximum Gasteiger partial charge on any atom is 0.213 e. The Morgan fingerprint density at radius 1 is 1.42 bits per heavy atom. The van der Waals surface area contributed by atoms with E-state index in [2.05, 4.69) is 27.6 Å². The molecule has 1 fully saturated rings. The zero-order valence-corrected chi connectivity index (χ0v) is 10.9. The lowest BCUT2D eigenvalue weighted by Gasteiger charge is -2.13. The van der Waals surface area contributed by atoms with Crippen molar-refractivity contribution in [1.29, 1.82) is 0 Å². The molecule has 5 nitrogen and oxygen atoms in total. The highest BCUT2D eigenvalue weighted by molar-refractivity contribution is 5.40. The van der Waals surface area contributed by atoms with Crippen LogP contribution in [0, 0.1) is 6.92 Å². The Bertz CT molecular complexity index is 536. The van der Waals surface area contributed by atoms with Gasteiger partial charge in [-0.15, -0.1) is 0 Å². The van der Waals surface area contributed by atoms with Gasteiger partial charge < -0.3 is 14.6 Å². The van der Waals surface area contributed by atoms with E-state index in [1.54, 1.807) is 0 Å². The molecule has 0 amide bonds. The van der Waals surface area contributed by atoms with E-state index in [9.17, 15) is 0 Å². The van der Waals surface area contributed by atoms with Crippen LogP contribution in [0.5, 0.6) is 5.75 Å². The highest BCUT2D eigenvalue weighted by Crippen LogP contribution is 2.26. The second kappa shape index (κ2) is 5.40. The molecule has 0 spiro atoms. The van der Waals surface area contributed by atoms with Crippen molar-refractivity contribution in [3.8, 4) is 5.75 Å². The molecule has 0 saturated heterocycles. The van der Waals surface area contributed by atoms with Gasteiger partial charge in [0.2, 0.25) is 12.2 Å². The average Bonchev–Trinajstić information content (AvgIpc) is 3.10. The Kier molecular flexibility index (Phi) is 3.46. The quantitative estimate of drug-likeness (QED) is 0.861. The lowest BCUT2D eigenvalue weighted by atomic mass is 10.1. The second-order valence-corrected chi connectivity index (χ2v) is 4.85. The van der Waals surface area contributed by atoms with E-state index in [1.165, 1.54) is 24.8 Å². The first-order valence-electron chi connectivity index (χ1n) is 6.53. The van der Waals surface area contributed by atoms with E-state index in [1.807, 2.05) is 13.0 Å². The molecular formula is C14H17N3O2. The predicted octanol–water partition coefficient (Wildman–Crippen LogP) is 2.21. The predicted molar refractivity (Wildman–Crippen MR) is 69.7 cm³/mol. The van der Waals surface area contributed by atoms with Crippen LogP contribution >= 0.6 is 0 Å². The summed E-state index contributed by atoms with van der Waals surface area (Å²) >= 11 is 0. The van der Waals surface area contributed by atoms with Gasteiger partial charge >= 0.3 is 0 Å². The summed E-state index contributed by atoms with van der Waals surface area (Å²) < 4.78 is 10.5. The first kappa shape index (κ1) is 12.2. The maximum absolute atomic E-state index is 5.84. The number of nitrogens with zero attached hydrogens (tertiary/aromatic N) is 2. The van der Waals surface area contributed by atoms with Crippen molar-refractivity contribution in [1.82, 2.24) is 15.5 Å². The highest BCUT2D eigenvalue weighted by Gasteiger charge is 2.20. The minimum atomic E-state index is 0.331. The standard InChI is InChI=1S/C14H17N3O2/c1-10-3-2-4-11(7-15-12-5-6-12)14(10)18-8-13-16-9-19-17-13/h2-4,9,12,15H,5-8H2,1H3. The molecule has 5 heteroatoms. The molecule has 1 saturated carbocycles. The van der Waals surface area contributed by atoms with E-state index in [0.717, 1.165) is 17.9 Å². The number of ether oxygens (including phenoxy) is 1. The first-order chi connectivity index (χ1) is 9.33. The number of aryl methyl sites for hydroxylation is 1. The molecule has 19 heavy (non-hydrogen) atoms. The number of para-hydroxylation sites is 1. The Hall–Kier alpha value is -1.88. The Balaban J connectivity index is 1.69. The Morgan fingerprint density at radius 3 is 3.05 bits per heavy atom. The first-order valence-corrected chi connectivity index (χ1v) is 6.53. The largest absolute Gasteiger partial charge is 0.485 e. The topological polar surface area (TPSA) is 60.2 Å². The van der Waals surface area contributed by atoms with Crippen molar-refractivity contribution in [2.75, 3.05) is 0 Å². The molecule has 100 valence electrons. The zero-order valence-electron chi connectivity index (χ0n) is 10.9. The van der Waals surface area contributed by atoms with Gasteiger partial charge in [-0.1, -0.05) is 23.4 Å². The van der Waals surface area contributed by atoms with Gasteiger partial charge in [-0.2, -0.15) is 4.98 Å². The van der Waals surface area contributed by atoms with E-state index in [-0.39, 0.29) is 0 Å². The fraction of sp³-hybridized carbons (Fsp3) is 0.429. The summed E-state index contributed by atoms with van der Waals surface area (Å²) in [5.41, 5.74) is 2.30. The number of hydrogen-bond acceptors (Lipinski definition) is 5. The van der Waals surface area contributed by atoms with Gasteiger partial charge in [-0.3, -0.25) is 0 Å². The number of nitrogens with one attached hydrogen (secondary N) is 1. The Labute approximate surface area is 112 Å². The molecule has 0 bridgehead atoms. The molecule has 1 aliphatic rings. The van der Waals surface area contributed by atoms with Gasteiger partial charge in [0.25, 0.3) is 0 Å². The van der Waals surface area contributed by atoms with Crippen LogP contribution in [0.15, 0.2) is 29.1 Å². The normalized spacial score (nSPS) is 14.6. The summed E-state index contributed by atoms with van der Waals surface area (Å²) in [6.07, 6.45) is 3.88. The van der Waals surface area contributed by atoms with Gasteiger partial charge in [0.05, 0.1) is 0 Å². The number of aromatic nitrogens is 2. The fourth-order valence-corrected chi connectivity index (χ4v) is 1.99. The monoisotopic (exact) mass is 259 g/mol. The van der Waals surface area contributed by atoms with Crippen molar-refractivity contribution in [2.45, 2.75) is 39.0 Å². The van der Waals surface area contributed by atoms with Crippen LogP contribution in [0.1, 0.15) is 29.8 Å². The van der Waals surface area contributed by atoms with Crippen molar-refractivity contribution < 1.29 is 9.26 Å². The molecule has 0 unspecified atom stereocenters. The SMILES string of the molecule is Cc1cccc(CNC2CC2)c1OCc1ncon1. The van der Waals surface area contributed by atoms with Crippen LogP contribution in [-0.4, -0.2) is 16.2 Å². The molecule has 1 N–H and O–H groups in total. The third-order valence-corrected chi connectivity index (χ3v) is 3.20. The van der Waals surface area contributed by atoms with E-state index in [0.29, 0.717) is 18.5 Å². The molecule has 3 rings (SSSR count). The molecule has 2 aromatic rings. The highest BCUT2D eigenvalue weighted by atomic mass is 16.5. The zero-order chi connectivity index (χ0) is 13.1. The van der Waals surface area contributed by atoms with Gasteiger partial charge in [-0.25, -0.2) is 0 Å². The second-order valence-electron chi connectivity index (χ2n) is 4.85. The van der Waals surface area contributed by atoms with Crippen LogP contribution in [-0.2, 0) is 13.2 Å². The van der Waals surface area contributed by atoms with Crippen LogP contribution < -0.4 is 10.1 Å². The molecule has 1 aliphatic carbocycles. The third kappa shape index (κ3) is 3.12. The molecule has 1 aromatic heterocycles. The summed E-state index contributed by atoms with van der Waals surface area (Å²) in [4.78, 5) is 3.96. The lowest BCUT2D eigenvalue weighted by molar-refractivity contribution is 0.281. The molecule has 0 radical (unpaired) electrons. The lowest BCUT2D eigenvalue weighted by Crippen LogP contribution is -2.16. The Morgan fingerprint density at radius 2 is 2.32 bits per heavy atom. The molecule has 1 aromatic carbocycles. The maximum atomic E-state index is 5.84. The van der Waals surface area contributed by atoms with Gasteiger partial charge in [0, 0.05) is 18.2 Å². The van der Waals surface area contributed by atoms with Gasteiger partial charge in [-0.05, 0) is 25.3 Å². The minimum absolute atomic E-state index is 0.331.